The first-order chi connectivity index (χ1) is 12.8. The zero-order chi connectivity index (χ0) is 18.2. The molecular weight excluding hydrogens is 328 g/mol. The van der Waals surface area contributed by atoms with Gasteiger partial charge in [-0.1, -0.05) is 12.1 Å². The zero-order valence-electron chi connectivity index (χ0n) is 15.0. The highest BCUT2D eigenvalue weighted by molar-refractivity contribution is 5.95. The van der Waals surface area contributed by atoms with Gasteiger partial charge in [0.25, 0.3) is 5.91 Å². The van der Waals surface area contributed by atoms with E-state index in [9.17, 15) is 4.79 Å². The largest absolute Gasteiger partial charge is 0.493 e. The van der Waals surface area contributed by atoms with Gasteiger partial charge in [-0.15, -0.1) is 0 Å². The van der Waals surface area contributed by atoms with Gasteiger partial charge in [0.05, 0.1) is 12.8 Å². The molecule has 2 aromatic rings. The van der Waals surface area contributed by atoms with Crippen LogP contribution < -0.4 is 10.2 Å². The molecule has 1 aliphatic rings. The Kier molecular flexibility index (Phi) is 6.33. The summed E-state index contributed by atoms with van der Waals surface area (Å²) in [5, 5.41) is 4.10. The van der Waals surface area contributed by atoms with Crippen molar-refractivity contribution >= 4 is 12.1 Å². The fraction of sp³-hybridized carbons (Fsp3) is 0.350. The van der Waals surface area contributed by atoms with Gasteiger partial charge in [0.15, 0.2) is 0 Å². The highest BCUT2D eigenvalue weighted by atomic mass is 16.5. The molecule has 2 heterocycles. The monoisotopic (exact) mass is 352 g/mol. The molecule has 1 aromatic heterocycles. The van der Waals surface area contributed by atoms with Crippen LogP contribution in [0.5, 0.6) is 5.75 Å². The predicted molar refractivity (Wildman–Crippen MR) is 101 cm³/mol. The molecule has 1 fully saturated rings. The summed E-state index contributed by atoms with van der Waals surface area (Å²) in [6, 6.07) is 9.33. The smallest absolute Gasteiger partial charge is 0.271 e. The molecule has 0 spiro atoms. The molecule has 1 aromatic carbocycles. The van der Waals surface area contributed by atoms with Gasteiger partial charge >= 0.3 is 0 Å². The molecule has 0 aliphatic carbocycles. The highest BCUT2D eigenvalue weighted by Gasteiger charge is 2.16. The Morgan fingerprint density at radius 1 is 1.27 bits per heavy atom. The third-order valence-electron chi connectivity index (χ3n) is 4.32. The number of nitrogens with zero attached hydrogens (tertiary/aromatic N) is 3. The minimum absolute atomic E-state index is 0.269. The molecule has 6 nitrogen and oxygen atoms in total. The van der Waals surface area contributed by atoms with Crippen molar-refractivity contribution in [2.75, 3.05) is 19.7 Å². The number of hydrogen-bond acceptors (Lipinski definition) is 5. The van der Waals surface area contributed by atoms with Gasteiger partial charge in [0.2, 0.25) is 0 Å². The van der Waals surface area contributed by atoms with E-state index < -0.39 is 0 Å². The number of pyridine rings is 1. The molecule has 0 unspecified atom stereocenters. The summed E-state index contributed by atoms with van der Waals surface area (Å²) in [7, 11) is 0. The van der Waals surface area contributed by atoms with Crippen molar-refractivity contribution in [1.82, 2.24) is 15.3 Å². The minimum atomic E-state index is -0.269. The quantitative estimate of drug-likeness (QED) is 0.615. The number of hydrogen-bond donors (Lipinski definition) is 1. The van der Waals surface area contributed by atoms with E-state index in [0.29, 0.717) is 12.2 Å². The molecule has 1 N–H and O–H groups in total. The topological polar surface area (TPSA) is 66.8 Å². The molecule has 26 heavy (non-hydrogen) atoms. The van der Waals surface area contributed by atoms with Gasteiger partial charge < -0.3 is 4.74 Å². The van der Waals surface area contributed by atoms with Crippen LogP contribution in [-0.4, -0.2) is 41.7 Å². The summed E-state index contributed by atoms with van der Waals surface area (Å²) in [4.78, 5) is 18.4. The van der Waals surface area contributed by atoms with Crippen LogP contribution in [0.25, 0.3) is 0 Å². The molecular formula is C20H24N4O2. The number of amides is 1. The molecule has 1 amide bonds. The van der Waals surface area contributed by atoms with Crippen molar-refractivity contribution < 1.29 is 9.53 Å². The van der Waals surface area contributed by atoms with Crippen molar-refractivity contribution in [2.24, 2.45) is 5.10 Å². The van der Waals surface area contributed by atoms with Crippen LogP contribution in [0.4, 0.5) is 0 Å². The standard InChI is InChI=1S/C20H24N4O2/c1-2-26-19-17(6-5-7-18(19)15-24-12-3-4-13-24)14-22-23-20(25)16-8-10-21-11-9-16/h5-11,14H,2-4,12-13,15H2,1H3,(H,23,25)/b22-14-. The maximum absolute atomic E-state index is 12.1. The Labute approximate surface area is 153 Å². The van der Waals surface area contributed by atoms with Gasteiger partial charge in [-0.25, -0.2) is 5.43 Å². The van der Waals surface area contributed by atoms with E-state index in [1.807, 2.05) is 19.1 Å². The Bertz CT molecular complexity index is 756. The number of aromatic nitrogens is 1. The Balaban J connectivity index is 1.72. The lowest BCUT2D eigenvalue weighted by Crippen LogP contribution is -2.19. The van der Waals surface area contributed by atoms with Crippen LogP contribution in [-0.2, 0) is 6.54 Å². The zero-order valence-corrected chi connectivity index (χ0v) is 15.0. The van der Waals surface area contributed by atoms with Crippen LogP contribution >= 0.6 is 0 Å². The first kappa shape index (κ1) is 18.1. The van der Waals surface area contributed by atoms with E-state index in [-0.39, 0.29) is 5.91 Å². The number of benzene rings is 1. The second-order valence-corrected chi connectivity index (χ2v) is 6.19. The summed E-state index contributed by atoms with van der Waals surface area (Å²) in [5.41, 5.74) is 5.08. The van der Waals surface area contributed by atoms with Crippen molar-refractivity contribution in [2.45, 2.75) is 26.3 Å². The van der Waals surface area contributed by atoms with Crippen LogP contribution in [0.15, 0.2) is 47.8 Å². The van der Waals surface area contributed by atoms with E-state index in [1.54, 1.807) is 30.7 Å². The van der Waals surface area contributed by atoms with Gasteiger partial charge in [0, 0.05) is 35.6 Å². The van der Waals surface area contributed by atoms with Crippen molar-refractivity contribution in [1.29, 1.82) is 0 Å². The third kappa shape index (κ3) is 4.67. The molecule has 0 saturated carbocycles. The number of ether oxygens (including phenoxy) is 1. The molecule has 136 valence electrons. The average Bonchev–Trinajstić information content (AvgIpc) is 3.18. The summed E-state index contributed by atoms with van der Waals surface area (Å²) in [5.74, 6) is 0.568. The number of likely N-dealkylation sites (tertiary alicyclic amines) is 1. The van der Waals surface area contributed by atoms with Crippen molar-refractivity contribution in [3.05, 3.63) is 59.4 Å². The molecule has 3 rings (SSSR count). The van der Waals surface area contributed by atoms with Crippen molar-refractivity contribution in [3.8, 4) is 5.75 Å². The highest BCUT2D eigenvalue weighted by Crippen LogP contribution is 2.25. The second kappa shape index (κ2) is 9.10. The van der Waals surface area contributed by atoms with Crippen LogP contribution in [0.2, 0.25) is 0 Å². The fourth-order valence-corrected chi connectivity index (χ4v) is 3.06. The summed E-state index contributed by atoms with van der Waals surface area (Å²) >= 11 is 0. The lowest BCUT2D eigenvalue weighted by atomic mass is 10.1. The molecule has 1 aliphatic heterocycles. The number of para-hydroxylation sites is 1. The Morgan fingerprint density at radius 3 is 2.77 bits per heavy atom. The van der Waals surface area contributed by atoms with Gasteiger partial charge in [-0.05, 0) is 51.1 Å². The van der Waals surface area contributed by atoms with Crippen LogP contribution in [0.1, 0.15) is 41.3 Å². The molecule has 0 bridgehead atoms. The van der Waals surface area contributed by atoms with Crippen LogP contribution in [0.3, 0.4) is 0 Å². The lowest BCUT2D eigenvalue weighted by molar-refractivity contribution is 0.0955. The number of nitrogens with one attached hydrogen (secondary N) is 1. The summed E-state index contributed by atoms with van der Waals surface area (Å²) in [6.45, 7) is 5.69. The first-order valence-corrected chi connectivity index (χ1v) is 8.98. The van der Waals surface area contributed by atoms with Gasteiger partial charge in [0.1, 0.15) is 5.75 Å². The second-order valence-electron chi connectivity index (χ2n) is 6.19. The third-order valence-corrected chi connectivity index (χ3v) is 4.32. The van der Waals surface area contributed by atoms with E-state index in [1.165, 1.54) is 12.8 Å². The van der Waals surface area contributed by atoms with E-state index >= 15 is 0 Å². The fourth-order valence-electron chi connectivity index (χ4n) is 3.06. The Hall–Kier alpha value is -2.73. The minimum Gasteiger partial charge on any atom is -0.493 e. The normalized spacial score (nSPS) is 14.7. The predicted octanol–water partition coefficient (Wildman–Crippen LogP) is 2.84. The summed E-state index contributed by atoms with van der Waals surface area (Å²) in [6.07, 6.45) is 7.30. The number of hydrazone groups is 1. The number of rotatable bonds is 7. The summed E-state index contributed by atoms with van der Waals surface area (Å²) < 4.78 is 5.88. The lowest BCUT2D eigenvalue weighted by Gasteiger charge is -2.18. The SMILES string of the molecule is CCOc1c(/C=N\NC(=O)c2ccncc2)cccc1CN1CCCC1. The average molecular weight is 352 g/mol. The van der Waals surface area contributed by atoms with E-state index in [2.05, 4.69) is 26.5 Å². The van der Waals surface area contributed by atoms with Gasteiger partial charge in [-0.3, -0.25) is 14.7 Å². The number of carbonyl (C=O) groups excluding carboxylic acids is 1. The number of carbonyl (C=O) groups is 1. The maximum Gasteiger partial charge on any atom is 0.271 e. The van der Waals surface area contributed by atoms with E-state index in [4.69, 9.17) is 4.74 Å². The molecule has 6 heteroatoms. The molecule has 0 atom stereocenters. The van der Waals surface area contributed by atoms with Crippen LogP contribution in [0, 0.1) is 0 Å². The molecule has 1 saturated heterocycles. The first-order valence-electron chi connectivity index (χ1n) is 8.98. The van der Waals surface area contributed by atoms with E-state index in [0.717, 1.165) is 36.5 Å². The van der Waals surface area contributed by atoms with Crippen molar-refractivity contribution in [3.63, 3.8) is 0 Å². The molecule has 0 radical (unpaired) electrons. The Morgan fingerprint density at radius 2 is 2.04 bits per heavy atom. The maximum atomic E-state index is 12.1. The van der Waals surface area contributed by atoms with Gasteiger partial charge in [-0.2, -0.15) is 5.10 Å².